The lowest BCUT2D eigenvalue weighted by Crippen LogP contribution is -2.08. The standard InChI is InChI=1S/C10H9NO3/c1-14-10(13)7-4-2-3-6-5-8(12)11-9(6)7/h2-4H,5H2,1H3,(H,11,12). The number of rotatable bonds is 1. The summed E-state index contributed by atoms with van der Waals surface area (Å²) in [5, 5.41) is 2.64. The SMILES string of the molecule is COC(=O)c1cccc2c1NC(=O)C2. The van der Waals surface area contributed by atoms with Crippen molar-refractivity contribution >= 4 is 17.6 Å². The van der Waals surface area contributed by atoms with Crippen molar-refractivity contribution in [3.63, 3.8) is 0 Å². The number of nitrogens with one attached hydrogen (secondary N) is 1. The first-order chi connectivity index (χ1) is 6.72. The summed E-state index contributed by atoms with van der Waals surface area (Å²) in [6, 6.07) is 5.20. The number of ether oxygens (including phenoxy) is 1. The predicted octanol–water partition coefficient (Wildman–Crippen LogP) is 0.968. The highest BCUT2D eigenvalue weighted by Gasteiger charge is 2.23. The maximum atomic E-state index is 11.3. The first kappa shape index (κ1) is 8.74. The first-order valence-electron chi connectivity index (χ1n) is 4.22. The zero-order chi connectivity index (χ0) is 10.1. The molecule has 4 heteroatoms. The zero-order valence-electron chi connectivity index (χ0n) is 7.66. The van der Waals surface area contributed by atoms with Gasteiger partial charge in [0.05, 0.1) is 24.8 Å². The fourth-order valence-electron chi connectivity index (χ4n) is 1.53. The third-order valence-electron chi connectivity index (χ3n) is 2.17. The molecule has 1 amide bonds. The molecule has 0 atom stereocenters. The Morgan fingerprint density at radius 1 is 1.50 bits per heavy atom. The average molecular weight is 191 g/mol. The summed E-state index contributed by atoms with van der Waals surface area (Å²) >= 11 is 0. The van der Waals surface area contributed by atoms with Gasteiger partial charge in [-0.1, -0.05) is 12.1 Å². The van der Waals surface area contributed by atoms with Gasteiger partial charge >= 0.3 is 5.97 Å². The Labute approximate surface area is 80.9 Å². The van der Waals surface area contributed by atoms with E-state index in [0.29, 0.717) is 17.7 Å². The summed E-state index contributed by atoms with van der Waals surface area (Å²) in [6.07, 6.45) is 0.333. The number of benzene rings is 1. The fourth-order valence-corrected chi connectivity index (χ4v) is 1.53. The Kier molecular flexibility index (Phi) is 1.96. The number of fused-ring (bicyclic) bond motifs is 1. The average Bonchev–Trinajstić information content (AvgIpc) is 2.56. The van der Waals surface area contributed by atoms with Crippen LogP contribution in [0.1, 0.15) is 15.9 Å². The molecule has 0 bridgehead atoms. The van der Waals surface area contributed by atoms with E-state index in [2.05, 4.69) is 10.1 Å². The highest BCUT2D eigenvalue weighted by atomic mass is 16.5. The van der Waals surface area contributed by atoms with Crippen LogP contribution >= 0.6 is 0 Å². The minimum Gasteiger partial charge on any atom is -0.465 e. The van der Waals surface area contributed by atoms with Crippen LogP contribution in [0.4, 0.5) is 5.69 Å². The summed E-state index contributed by atoms with van der Waals surface area (Å²) in [7, 11) is 1.32. The molecule has 1 heterocycles. The number of esters is 1. The van der Waals surface area contributed by atoms with Gasteiger partial charge in [0, 0.05) is 0 Å². The molecule has 0 saturated carbocycles. The third-order valence-corrected chi connectivity index (χ3v) is 2.17. The second-order valence-corrected chi connectivity index (χ2v) is 3.06. The van der Waals surface area contributed by atoms with Gasteiger partial charge in [-0.05, 0) is 11.6 Å². The van der Waals surface area contributed by atoms with E-state index in [1.165, 1.54) is 7.11 Å². The van der Waals surface area contributed by atoms with Gasteiger partial charge in [-0.15, -0.1) is 0 Å². The highest BCUT2D eigenvalue weighted by Crippen LogP contribution is 2.27. The molecule has 1 aromatic carbocycles. The van der Waals surface area contributed by atoms with Gasteiger partial charge in [0.1, 0.15) is 0 Å². The number of para-hydroxylation sites is 1. The smallest absolute Gasteiger partial charge is 0.339 e. The first-order valence-corrected chi connectivity index (χ1v) is 4.22. The summed E-state index contributed by atoms with van der Waals surface area (Å²) < 4.78 is 4.61. The lowest BCUT2D eigenvalue weighted by atomic mass is 10.1. The quantitative estimate of drug-likeness (QED) is 0.673. The number of carbonyl (C=O) groups is 2. The third kappa shape index (κ3) is 1.25. The van der Waals surface area contributed by atoms with Crippen molar-refractivity contribution in [3.05, 3.63) is 29.3 Å². The lowest BCUT2D eigenvalue weighted by molar-refractivity contribution is -0.115. The van der Waals surface area contributed by atoms with Crippen molar-refractivity contribution in [2.75, 3.05) is 12.4 Å². The van der Waals surface area contributed by atoms with Crippen molar-refractivity contribution in [2.24, 2.45) is 0 Å². The van der Waals surface area contributed by atoms with Crippen molar-refractivity contribution in [1.29, 1.82) is 0 Å². The monoisotopic (exact) mass is 191 g/mol. The van der Waals surface area contributed by atoms with Crippen LogP contribution in [-0.2, 0) is 16.0 Å². The van der Waals surface area contributed by atoms with Crippen LogP contribution in [0.3, 0.4) is 0 Å². The van der Waals surface area contributed by atoms with E-state index >= 15 is 0 Å². The second-order valence-electron chi connectivity index (χ2n) is 3.06. The van der Waals surface area contributed by atoms with E-state index in [1.54, 1.807) is 12.1 Å². The molecular weight excluding hydrogens is 182 g/mol. The van der Waals surface area contributed by atoms with Gasteiger partial charge in [0.2, 0.25) is 5.91 Å². The number of carbonyl (C=O) groups excluding carboxylic acids is 2. The van der Waals surface area contributed by atoms with E-state index in [4.69, 9.17) is 0 Å². The number of hydrogen-bond donors (Lipinski definition) is 1. The van der Waals surface area contributed by atoms with E-state index in [1.807, 2.05) is 6.07 Å². The number of methoxy groups -OCH3 is 1. The molecule has 1 N–H and O–H groups in total. The maximum Gasteiger partial charge on any atom is 0.339 e. The van der Waals surface area contributed by atoms with Crippen molar-refractivity contribution in [1.82, 2.24) is 0 Å². The Morgan fingerprint density at radius 3 is 3.00 bits per heavy atom. The van der Waals surface area contributed by atoms with Crippen molar-refractivity contribution in [3.8, 4) is 0 Å². The zero-order valence-corrected chi connectivity index (χ0v) is 7.66. The summed E-state index contributed by atoms with van der Waals surface area (Å²) in [4.78, 5) is 22.4. The molecule has 0 aromatic heterocycles. The Balaban J connectivity index is 2.49. The molecule has 0 radical (unpaired) electrons. The summed E-state index contributed by atoms with van der Waals surface area (Å²) in [5.74, 6) is -0.514. The summed E-state index contributed by atoms with van der Waals surface area (Å²) in [6.45, 7) is 0. The fraction of sp³-hybridized carbons (Fsp3) is 0.200. The molecule has 0 saturated heterocycles. The number of anilines is 1. The molecule has 1 aliphatic heterocycles. The van der Waals surface area contributed by atoms with Crippen LogP contribution in [-0.4, -0.2) is 19.0 Å². The Morgan fingerprint density at radius 2 is 2.29 bits per heavy atom. The van der Waals surface area contributed by atoms with Gasteiger partial charge in [0.25, 0.3) is 0 Å². The van der Waals surface area contributed by atoms with Crippen molar-refractivity contribution in [2.45, 2.75) is 6.42 Å². The van der Waals surface area contributed by atoms with E-state index in [0.717, 1.165) is 5.56 Å². The van der Waals surface area contributed by atoms with Crippen LogP contribution in [0.5, 0.6) is 0 Å². The van der Waals surface area contributed by atoms with E-state index in [9.17, 15) is 9.59 Å². The lowest BCUT2D eigenvalue weighted by Gasteiger charge is -2.04. The van der Waals surface area contributed by atoms with Gasteiger partial charge < -0.3 is 10.1 Å². The molecule has 14 heavy (non-hydrogen) atoms. The second kappa shape index (κ2) is 3.14. The van der Waals surface area contributed by atoms with Crippen LogP contribution in [0, 0.1) is 0 Å². The molecule has 4 nitrogen and oxygen atoms in total. The molecule has 72 valence electrons. The van der Waals surface area contributed by atoms with Gasteiger partial charge in [-0.25, -0.2) is 4.79 Å². The molecule has 0 unspecified atom stereocenters. The molecule has 0 fully saturated rings. The number of hydrogen-bond acceptors (Lipinski definition) is 3. The Bertz CT molecular complexity index is 412. The molecular formula is C10H9NO3. The minimum atomic E-state index is -0.427. The van der Waals surface area contributed by atoms with Crippen LogP contribution < -0.4 is 5.32 Å². The molecule has 2 rings (SSSR count). The van der Waals surface area contributed by atoms with E-state index < -0.39 is 5.97 Å². The normalized spacial score (nSPS) is 13.4. The number of amides is 1. The molecule has 0 aliphatic carbocycles. The van der Waals surface area contributed by atoms with Gasteiger partial charge in [-0.2, -0.15) is 0 Å². The van der Waals surface area contributed by atoms with Gasteiger partial charge in [0.15, 0.2) is 0 Å². The van der Waals surface area contributed by atoms with Crippen molar-refractivity contribution < 1.29 is 14.3 Å². The largest absolute Gasteiger partial charge is 0.465 e. The Hall–Kier alpha value is -1.84. The van der Waals surface area contributed by atoms with Crippen LogP contribution in [0.15, 0.2) is 18.2 Å². The highest BCUT2D eigenvalue weighted by molar-refractivity contribution is 6.07. The molecule has 0 spiro atoms. The van der Waals surface area contributed by atoms with E-state index in [-0.39, 0.29) is 5.91 Å². The van der Waals surface area contributed by atoms with Crippen LogP contribution in [0.2, 0.25) is 0 Å². The van der Waals surface area contributed by atoms with Gasteiger partial charge in [-0.3, -0.25) is 4.79 Å². The predicted molar refractivity (Wildman–Crippen MR) is 50.1 cm³/mol. The topological polar surface area (TPSA) is 55.4 Å². The minimum absolute atomic E-state index is 0.0867. The molecule has 1 aliphatic rings. The maximum absolute atomic E-state index is 11.3. The summed E-state index contributed by atoms with van der Waals surface area (Å²) in [5.41, 5.74) is 1.85. The van der Waals surface area contributed by atoms with Crippen LogP contribution in [0.25, 0.3) is 0 Å². The molecule has 1 aromatic rings.